The maximum Gasteiger partial charge on any atom is 0.321 e. The number of halogens is 2. The van der Waals surface area contributed by atoms with Crippen molar-refractivity contribution < 1.29 is 8.78 Å². The zero-order valence-corrected chi connectivity index (χ0v) is 15.9. The average molecular weight is 410 g/mol. The van der Waals surface area contributed by atoms with E-state index in [9.17, 15) is 8.78 Å². The molecule has 0 spiro atoms. The van der Waals surface area contributed by atoms with Gasteiger partial charge in [0.2, 0.25) is 0 Å². The van der Waals surface area contributed by atoms with E-state index in [2.05, 4.69) is 15.0 Å². The van der Waals surface area contributed by atoms with E-state index in [1.807, 2.05) is 35.7 Å². The largest absolute Gasteiger partial charge is 0.321 e. The fourth-order valence-corrected chi connectivity index (χ4v) is 5.11. The molecule has 138 valence electrons. The maximum atomic E-state index is 13.8. The summed E-state index contributed by atoms with van der Waals surface area (Å²) in [6.45, 7) is -2.69. The number of imidazole rings is 1. The van der Waals surface area contributed by atoms with Crippen molar-refractivity contribution in [2.75, 3.05) is 0 Å². The first kappa shape index (κ1) is 17.3. The van der Waals surface area contributed by atoms with Gasteiger partial charge in [-0.05, 0) is 29.5 Å². The summed E-state index contributed by atoms with van der Waals surface area (Å²) in [6, 6.07) is 16.8. The second-order valence-corrected chi connectivity index (χ2v) is 7.82. The van der Waals surface area contributed by atoms with Gasteiger partial charge in [0.1, 0.15) is 16.2 Å². The predicted octanol–water partition coefficient (Wildman–Crippen LogP) is 6.25. The number of benzene rings is 2. The minimum Gasteiger partial charge on any atom is -0.261 e. The molecule has 0 radical (unpaired) electrons. The van der Waals surface area contributed by atoms with Gasteiger partial charge in [-0.25, -0.2) is 15.0 Å². The Kier molecular flexibility index (Phi) is 4.29. The fraction of sp³-hybridized carbons (Fsp3) is 0.0500. The lowest BCUT2D eigenvalue weighted by Gasteiger charge is -2.08. The summed E-state index contributed by atoms with van der Waals surface area (Å²) in [5, 5.41) is 3.70. The van der Waals surface area contributed by atoms with Gasteiger partial charge in [0.25, 0.3) is 0 Å². The molecule has 0 N–H and O–H groups in total. The van der Waals surface area contributed by atoms with Crippen LogP contribution < -0.4 is 0 Å². The molecule has 5 aromatic rings. The van der Waals surface area contributed by atoms with Gasteiger partial charge < -0.3 is 0 Å². The zero-order chi connectivity index (χ0) is 19.1. The van der Waals surface area contributed by atoms with Gasteiger partial charge in [0.05, 0.1) is 16.4 Å². The number of aromatic nitrogens is 4. The number of rotatable bonds is 4. The van der Waals surface area contributed by atoms with Gasteiger partial charge in [0, 0.05) is 10.9 Å². The summed E-state index contributed by atoms with van der Waals surface area (Å²) in [4.78, 5) is 14.0. The Hall–Kier alpha value is -2.84. The second kappa shape index (κ2) is 6.96. The standard InChI is InChI=1S/C20H12F2N4S2/c21-19(22)26-15-9-5-4-8-14(15)25-20(26)28-18-16-13(12-6-2-1-3-7-12)10-27-17(16)23-11-24-18/h1-11,19H. The molecule has 0 atom stereocenters. The Morgan fingerprint density at radius 2 is 1.75 bits per heavy atom. The summed E-state index contributed by atoms with van der Waals surface area (Å²) in [5.74, 6) is 0. The third-order valence-electron chi connectivity index (χ3n) is 4.37. The van der Waals surface area contributed by atoms with Gasteiger partial charge in [-0.15, -0.1) is 11.3 Å². The lowest BCUT2D eigenvalue weighted by Crippen LogP contribution is -2.00. The lowest BCUT2D eigenvalue weighted by atomic mass is 10.1. The van der Waals surface area contributed by atoms with Crippen LogP contribution in [0.5, 0.6) is 0 Å². The molecule has 8 heteroatoms. The van der Waals surface area contributed by atoms with Crippen molar-refractivity contribution in [2.24, 2.45) is 0 Å². The summed E-state index contributed by atoms with van der Waals surface area (Å²) in [7, 11) is 0. The molecule has 0 fully saturated rings. The summed E-state index contributed by atoms with van der Waals surface area (Å²) in [6.07, 6.45) is 1.46. The molecular formula is C20H12F2N4S2. The van der Waals surface area contributed by atoms with Gasteiger partial charge in [-0.3, -0.25) is 4.57 Å². The molecule has 3 heterocycles. The minimum atomic E-state index is -2.69. The number of alkyl halides is 2. The molecule has 4 nitrogen and oxygen atoms in total. The average Bonchev–Trinajstić information content (AvgIpc) is 3.30. The van der Waals surface area contributed by atoms with Crippen LogP contribution in [0.2, 0.25) is 0 Å². The van der Waals surface area contributed by atoms with Crippen LogP contribution in [0.15, 0.2) is 76.5 Å². The quantitative estimate of drug-likeness (QED) is 0.328. The highest BCUT2D eigenvalue weighted by Gasteiger charge is 2.21. The highest BCUT2D eigenvalue weighted by molar-refractivity contribution is 7.99. The van der Waals surface area contributed by atoms with Crippen LogP contribution in [0.4, 0.5) is 8.78 Å². The molecule has 3 aromatic heterocycles. The Morgan fingerprint density at radius 1 is 0.964 bits per heavy atom. The number of nitrogens with zero attached hydrogens (tertiary/aromatic N) is 4. The van der Waals surface area contributed by atoms with E-state index < -0.39 is 6.55 Å². The maximum absolute atomic E-state index is 13.8. The zero-order valence-electron chi connectivity index (χ0n) is 14.3. The molecule has 5 rings (SSSR count). The molecule has 0 saturated carbocycles. The van der Waals surface area contributed by atoms with Crippen LogP contribution in [-0.4, -0.2) is 19.5 Å². The number of thiophene rings is 1. The molecule has 0 aliphatic rings. The molecule has 0 amide bonds. The van der Waals surface area contributed by atoms with Crippen LogP contribution in [0.25, 0.3) is 32.4 Å². The van der Waals surface area contributed by atoms with E-state index >= 15 is 0 Å². The van der Waals surface area contributed by atoms with E-state index in [-0.39, 0.29) is 5.16 Å². The van der Waals surface area contributed by atoms with E-state index in [0.29, 0.717) is 16.1 Å². The molecule has 0 aliphatic heterocycles. The van der Waals surface area contributed by atoms with Crippen LogP contribution in [-0.2, 0) is 0 Å². The molecular weight excluding hydrogens is 398 g/mol. The first-order valence-corrected chi connectivity index (χ1v) is 10.1. The van der Waals surface area contributed by atoms with Crippen LogP contribution >= 0.6 is 23.1 Å². The first-order chi connectivity index (χ1) is 13.7. The van der Waals surface area contributed by atoms with Gasteiger partial charge in [-0.2, -0.15) is 8.78 Å². The van der Waals surface area contributed by atoms with Crippen LogP contribution in [0.1, 0.15) is 6.55 Å². The van der Waals surface area contributed by atoms with Crippen LogP contribution in [0, 0.1) is 0 Å². The minimum absolute atomic E-state index is 0.210. The van der Waals surface area contributed by atoms with E-state index in [1.54, 1.807) is 24.3 Å². The topological polar surface area (TPSA) is 43.6 Å². The second-order valence-electron chi connectivity index (χ2n) is 6.01. The van der Waals surface area contributed by atoms with Gasteiger partial charge >= 0.3 is 6.55 Å². The first-order valence-electron chi connectivity index (χ1n) is 8.43. The fourth-order valence-electron chi connectivity index (χ4n) is 3.12. The smallest absolute Gasteiger partial charge is 0.261 e. The number of para-hydroxylation sites is 2. The Morgan fingerprint density at radius 3 is 2.57 bits per heavy atom. The van der Waals surface area contributed by atoms with Crippen molar-refractivity contribution in [1.82, 2.24) is 19.5 Å². The highest BCUT2D eigenvalue weighted by atomic mass is 32.2. The van der Waals surface area contributed by atoms with E-state index in [0.717, 1.165) is 37.7 Å². The third kappa shape index (κ3) is 2.85. The van der Waals surface area contributed by atoms with E-state index in [1.165, 1.54) is 17.7 Å². The Bertz CT molecular complexity index is 1280. The van der Waals surface area contributed by atoms with Gasteiger partial charge in [-0.1, -0.05) is 42.5 Å². The molecule has 28 heavy (non-hydrogen) atoms. The van der Waals surface area contributed by atoms with Crippen molar-refractivity contribution in [3.05, 3.63) is 66.3 Å². The Balaban J connectivity index is 1.68. The van der Waals surface area contributed by atoms with Crippen molar-refractivity contribution in [2.45, 2.75) is 16.7 Å². The van der Waals surface area contributed by atoms with Crippen molar-refractivity contribution in [3.63, 3.8) is 0 Å². The molecule has 0 unspecified atom stereocenters. The SMILES string of the molecule is FC(F)n1c(Sc2ncnc3scc(-c4ccccc4)c23)nc2ccccc21. The Labute approximate surface area is 166 Å². The molecule has 0 saturated heterocycles. The van der Waals surface area contributed by atoms with E-state index in [4.69, 9.17) is 0 Å². The van der Waals surface area contributed by atoms with Gasteiger partial charge in [0.15, 0.2) is 5.16 Å². The summed E-state index contributed by atoms with van der Waals surface area (Å²) < 4.78 is 28.5. The van der Waals surface area contributed by atoms with Crippen LogP contribution in [0.3, 0.4) is 0 Å². The molecule has 0 bridgehead atoms. The molecule has 0 aliphatic carbocycles. The van der Waals surface area contributed by atoms with Crippen molar-refractivity contribution in [3.8, 4) is 11.1 Å². The predicted molar refractivity (Wildman–Crippen MR) is 108 cm³/mol. The summed E-state index contributed by atoms with van der Waals surface area (Å²) in [5.41, 5.74) is 2.96. The van der Waals surface area contributed by atoms with Crippen molar-refractivity contribution >= 4 is 44.3 Å². The third-order valence-corrected chi connectivity index (χ3v) is 6.23. The summed E-state index contributed by atoms with van der Waals surface area (Å²) >= 11 is 2.65. The molecule has 2 aromatic carbocycles. The lowest BCUT2D eigenvalue weighted by molar-refractivity contribution is 0.0656. The number of fused-ring (bicyclic) bond motifs is 2. The highest BCUT2D eigenvalue weighted by Crippen LogP contribution is 2.41. The number of hydrogen-bond acceptors (Lipinski definition) is 5. The van der Waals surface area contributed by atoms with Crippen molar-refractivity contribution in [1.29, 1.82) is 0 Å². The number of hydrogen-bond donors (Lipinski definition) is 0. The monoisotopic (exact) mass is 410 g/mol. The normalized spacial score (nSPS) is 11.7.